The van der Waals surface area contributed by atoms with E-state index in [0.29, 0.717) is 19.4 Å². The third-order valence-corrected chi connectivity index (χ3v) is 15.6. The zero-order chi connectivity index (χ0) is 55.0. The predicted octanol–water partition coefficient (Wildman–Crippen LogP) is 21.7. The van der Waals surface area contributed by atoms with Gasteiger partial charge in [-0.3, -0.25) is 9.59 Å². The molecule has 0 aliphatic carbocycles. The molecular weight excluding hydrogens is 935 g/mol. The number of hydrogen-bond donors (Lipinski definition) is 3. The molecule has 0 radical (unpaired) electrons. The normalized spacial score (nSPS) is 12.8. The molecule has 6 heteroatoms. The van der Waals surface area contributed by atoms with E-state index in [0.717, 1.165) is 64.2 Å². The summed E-state index contributed by atoms with van der Waals surface area (Å²) in [5, 5.41) is 23.2. The largest absolute Gasteiger partial charge is 0.466 e. The van der Waals surface area contributed by atoms with Crippen molar-refractivity contribution in [1.82, 2.24) is 5.32 Å². The molecule has 3 N–H and O–H groups in total. The van der Waals surface area contributed by atoms with E-state index >= 15 is 0 Å². The third kappa shape index (κ3) is 61.0. The van der Waals surface area contributed by atoms with Crippen LogP contribution in [0.15, 0.2) is 48.6 Å². The van der Waals surface area contributed by atoms with Crippen molar-refractivity contribution in [1.29, 1.82) is 0 Å². The average Bonchev–Trinajstić information content (AvgIpc) is 3.42. The highest BCUT2D eigenvalue weighted by Crippen LogP contribution is 2.17. The van der Waals surface area contributed by atoms with Crippen LogP contribution in [-0.2, 0) is 14.3 Å². The monoisotopic (exact) mass is 1070 g/mol. The molecule has 0 bridgehead atoms. The number of rotatable bonds is 63. The number of esters is 1. The minimum Gasteiger partial charge on any atom is -0.466 e. The van der Waals surface area contributed by atoms with E-state index in [-0.39, 0.29) is 18.5 Å². The van der Waals surface area contributed by atoms with Crippen LogP contribution in [0, 0.1) is 0 Å². The molecular formula is C70H131NO5. The van der Waals surface area contributed by atoms with Gasteiger partial charge in [0.25, 0.3) is 0 Å². The van der Waals surface area contributed by atoms with E-state index in [1.54, 1.807) is 6.08 Å². The van der Waals surface area contributed by atoms with Gasteiger partial charge in [0, 0.05) is 12.8 Å². The maximum atomic E-state index is 12.5. The van der Waals surface area contributed by atoms with Crippen LogP contribution < -0.4 is 5.32 Å². The molecule has 0 rings (SSSR count). The number of aliphatic hydroxyl groups excluding tert-OH is 2. The summed E-state index contributed by atoms with van der Waals surface area (Å²) < 4.78 is 5.47. The van der Waals surface area contributed by atoms with Crippen molar-refractivity contribution >= 4 is 11.9 Å². The Labute approximate surface area is 474 Å². The molecule has 0 aromatic carbocycles. The van der Waals surface area contributed by atoms with Crippen molar-refractivity contribution in [3.8, 4) is 0 Å². The molecule has 1 amide bonds. The van der Waals surface area contributed by atoms with Crippen LogP contribution >= 0.6 is 0 Å². The first-order valence-corrected chi connectivity index (χ1v) is 33.9. The summed E-state index contributed by atoms with van der Waals surface area (Å²) in [4.78, 5) is 24.6. The van der Waals surface area contributed by atoms with Gasteiger partial charge in [-0.2, -0.15) is 0 Å². The lowest BCUT2D eigenvalue weighted by molar-refractivity contribution is -0.143. The highest BCUT2D eigenvalue weighted by Gasteiger charge is 2.18. The fourth-order valence-corrected chi connectivity index (χ4v) is 10.4. The predicted molar refractivity (Wildman–Crippen MR) is 333 cm³/mol. The van der Waals surface area contributed by atoms with Crippen LogP contribution in [0.5, 0.6) is 0 Å². The van der Waals surface area contributed by atoms with Gasteiger partial charge in [-0.25, -0.2) is 0 Å². The van der Waals surface area contributed by atoms with Gasteiger partial charge in [-0.05, 0) is 89.9 Å². The standard InChI is InChI=1S/C70H131NO5/c1-3-5-7-9-11-13-15-17-19-20-21-22-26-29-32-35-38-42-46-50-54-58-62-68(73)67(66-72)71-69(74)63-59-55-51-47-43-39-36-33-30-27-24-23-25-28-31-34-37-41-45-49-53-57-61-65-76-70(75)64-60-56-52-48-44-40-18-16-14-12-10-8-6-4-2/h16,18,23,25,27,30,58,62,67-68,72-73H,3-15,17,19-22,24,26,28-29,31-57,59-61,63-66H2,1-2H3,(H,71,74)/b18-16-,25-23-,30-27-,62-58+. The van der Waals surface area contributed by atoms with Crippen LogP contribution in [0.2, 0.25) is 0 Å². The van der Waals surface area contributed by atoms with Gasteiger partial charge in [0.15, 0.2) is 0 Å². The van der Waals surface area contributed by atoms with Crippen LogP contribution in [0.25, 0.3) is 0 Å². The Balaban J connectivity index is 3.48. The maximum absolute atomic E-state index is 12.5. The van der Waals surface area contributed by atoms with Crippen LogP contribution in [0.4, 0.5) is 0 Å². The van der Waals surface area contributed by atoms with E-state index in [4.69, 9.17) is 4.74 Å². The lowest BCUT2D eigenvalue weighted by atomic mass is 10.0. The molecule has 0 fully saturated rings. The molecule has 76 heavy (non-hydrogen) atoms. The lowest BCUT2D eigenvalue weighted by Crippen LogP contribution is -2.45. The Hall–Kier alpha value is -2.18. The first-order chi connectivity index (χ1) is 37.5. The van der Waals surface area contributed by atoms with Crippen molar-refractivity contribution in [3.05, 3.63) is 48.6 Å². The maximum Gasteiger partial charge on any atom is 0.305 e. The van der Waals surface area contributed by atoms with Crippen LogP contribution in [0.3, 0.4) is 0 Å². The molecule has 0 aromatic heterocycles. The Bertz CT molecular complexity index is 1270. The fraction of sp³-hybridized carbons (Fsp3) is 0.857. The first kappa shape index (κ1) is 73.8. The van der Waals surface area contributed by atoms with E-state index < -0.39 is 12.1 Å². The van der Waals surface area contributed by atoms with Gasteiger partial charge in [0.2, 0.25) is 5.91 Å². The van der Waals surface area contributed by atoms with Gasteiger partial charge in [0.1, 0.15) is 0 Å². The number of carbonyl (C=O) groups is 2. The quantitative estimate of drug-likeness (QED) is 0.0320. The second-order valence-corrected chi connectivity index (χ2v) is 23.1. The second-order valence-electron chi connectivity index (χ2n) is 23.1. The number of amides is 1. The zero-order valence-corrected chi connectivity index (χ0v) is 51.0. The lowest BCUT2D eigenvalue weighted by Gasteiger charge is -2.20. The first-order valence-electron chi connectivity index (χ1n) is 33.9. The molecule has 446 valence electrons. The summed E-state index contributed by atoms with van der Waals surface area (Å²) in [6.45, 7) is 4.90. The summed E-state index contributed by atoms with van der Waals surface area (Å²) in [5.74, 6) is -0.0778. The average molecular weight is 1070 g/mol. The van der Waals surface area contributed by atoms with Gasteiger partial charge in [-0.15, -0.1) is 0 Å². The van der Waals surface area contributed by atoms with Gasteiger partial charge < -0.3 is 20.3 Å². The number of aliphatic hydroxyl groups is 2. The number of unbranched alkanes of at least 4 members (excludes halogenated alkanes) is 46. The van der Waals surface area contributed by atoms with Gasteiger partial charge in [-0.1, -0.05) is 306 Å². The topological polar surface area (TPSA) is 95.9 Å². The molecule has 0 spiro atoms. The number of nitrogens with one attached hydrogen (secondary N) is 1. The summed E-state index contributed by atoms with van der Waals surface area (Å²) in [7, 11) is 0. The molecule has 0 saturated heterocycles. The molecule has 0 aromatic rings. The van der Waals surface area contributed by atoms with E-state index in [2.05, 4.69) is 55.6 Å². The SMILES string of the molecule is CCCCCCC/C=C\CCCCCCCC(=O)OCCCCCCCCCCC/C=C\C/C=C\CCCCCCCCCC(=O)NC(CO)C(O)/C=C/CCCCCCCCCCCCCCCCCCCCCC. The number of carbonyl (C=O) groups excluding carboxylic acids is 2. The Kier molecular flexibility index (Phi) is 63.5. The second kappa shape index (κ2) is 65.3. The summed E-state index contributed by atoms with van der Waals surface area (Å²) in [6.07, 6.45) is 84.5. The zero-order valence-electron chi connectivity index (χ0n) is 51.0. The van der Waals surface area contributed by atoms with Gasteiger partial charge >= 0.3 is 5.97 Å². The third-order valence-electron chi connectivity index (χ3n) is 15.6. The van der Waals surface area contributed by atoms with Crippen molar-refractivity contribution in [2.24, 2.45) is 0 Å². The van der Waals surface area contributed by atoms with Crippen molar-refractivity contribution in [3.63, 3.8) is 0 Å². The van der Waals surface area contributed by atoms with Crippen molar-refractivity contribution in [2.75, 3.05) is 13.2 Å². The van der Waals surface area contributed by atoms with Crippen LogP contribution in [0.1, 0.15) is 361 Å². The van der Waals surface area contributed by atoms with E-state index in [1.165, 1.54) is 270 Å². The number of ether oxygens (including phenoxy) is 1. The van der Waals surface area contributed by atoms with Gasteiger partial charge in [0.05, 0.1) is 25.4 Å². The molecule has 0 aliphatic rings. The minimum absolute atomic E-state index is 0.00195. The van der Waals surface area contributed by atoms with E-state index in [9.17, 15) is 19.8 Å². The molecule has 0 saturated carbocycles. The van der Waals surface area contributed by atoms with Crippen molar-refractivity contribution in [2.45, 2.75) is 373 Å². The summed E-state index contributed by atoms with van der Waals surface area (Å²) in [5.41, 5.74) is 0. The fourth-order valence-electron chi connectivity index (χ4n) is 10.4. The molecule has 6 nitrogen and oxygen atoms in total. The highest BCUT2D eigenvalue weighted by molar-refractivity contribution is 5.76. The molecule has 2 unspecified atom stereocenters. The molecule has 0 aliphatic heterocycles. The molecule has 0 heterocycles. The summed E-state index contributed by atoms with van der Waals surface area (Å²) >= 11 is 0. The Morgan fingerprint density at radius 2 is 0.658 bits per heavy atom. The minimum atomic E-state index is -0.853. The smallest absolute Gasteiger partial charge is 0.305 e. The Morgan fingerprint density at radius 1 is 0.368 bits per heavy atom. The summed E-state index contributed by atoms with van der Waals surface area (Å²) in [6, 6.07) is -0.638. The number of hydrogen-bond acceptors (Lipinski definition) is 5. The number of allylic oxidation sites excluding steroid dienone is 7. The Morgan fingerprint density at radius 3 is 1.01 bits per heavy atom. The highest BCUT2D eigenvalue weighted by atomic mass is 16.5. The van der Waals surface area contributed by atoms with E-state index in [1.807, 2.05) is 6.08 Å². The van der Waals surface area contributed by atoms with Crippen LogP contribution in [-0.4, -0.2) is 47.4 Å². The molecule has 2 atom stereocenters. The van der Waals surface area contributed by atoms with Crippen molar-refractivity contribution < 1.29 is 24.5 Å².